The zero-order valence-corrected chi connectivity index (χ0v) is 48.3. The fourth-order valence-corrected chi connectivity index (χ4v) is 9.74. The van der Waals surface area contributed by atoms with Crippen molar-refractivity contribution in [3.8, 4) is 56.4 Å². The van der Waals surface area contributed by atoms with Crippen LogP contribution in [-0.2, 0) is 40.5 Å². The maximum atomic E-state index is 14.2. The standard InChI is InChI=1S/C40H40N2O16S4.4Na/c1-5-7-57-31-17-25(19(3)9-27(31)37-33(61(51,52)53)13-21-11-23(59(45,46)47)15-29(41)35(21)39(37)43)26-18-32(58-8-6-2)28(10-20(26)4)38-34(62(54,55)56)14-22-12-24(60(48,49)50)16-30(42)36(22)40(38)44;;;;/h9-18,43-44H,5-8,41-42H2,1-4H3,(H,45,46,47)(H,48,49,50)(H,51,52,53)(H,54,55,56);;;;/q;4*+1/p-4. The van der Waals surface area contributed by atoms with E-state index < -0.39 is 94.1 Å². The minimum absolute atomic E-state index is 0. The Kier molecular flexibility index (Phi) is 20.7. The third kappa shape index (κ3) is 12.2. The first-order valence-corrected chi connectivity index (χ1v) is 24.0. The second-order valence-electron chi connectivity index (χ2n) is 14.3. The first-order chi connectivity index (χ1) is 28.7. The van der Waals surface area contributed by atoms with Gasteiger partial charge in [0.1, 0.15) is 41.5 Å². The molecule has 6 N–H and O–H groups in total. The van der Waals surface area contributed by atoms with Crippen LogP contribution in [0.2, 0.25) is 0 Å². The van der Waals surface area contributed by atoms with Crippen molar-refractivity contribution in [1.82, 2.24) is 0 Å². The van der Waals surface area contributed by atoms with Gasteiger partial charge < -0.3 is 40.3 Å². The molecule has 0 saturated carbocycles. The molecule has 330 valence electrons. The van der Waals surface area contributed by atoms with Crippen LogP contribution < -0.4 is 149 Å². The second-order valence-corrected chi connectivity index (χ2v) is 19.8. The molecule has 6 aromatic rings. The number of fused-ring (bicyclic) bond motifs is 2. The van der Waals surface area contributed by atoms with E-state index in [0.29, 0.717) is 35.1 Å². The van der Waals surface area contributed by atoms with Crippen molar-refractivity contribution in [2.24, 2.45) is 0 Å². The van der Waals surface area contributed by atoms with Crippen molar-refractivity contribution >= 4 is 73.4 Å². The number of anilines is 2. The van der Waals surface area contributed by atoms with Crippen molar-refractivity contribution in [3.05, 3.63) is 71.8 Å². The van der Waals surface area contributed by atoms with E-state index in [-0.39, 0.29) is 176 Å². The Morgan fingerprint density at radius 1 is 0.515 bits per heavy atom. The summed E-state index contributed by atoms with van der Waals surface area (Å²) in [6.45, 7) is 6.79. The van der Waals surface area contributed by atoms with Crippen molar-refractivity contribution in [2.75, 3.05) is 24.7 Å². The van der Waals surface area contributed by atoms with Gasteiger partial charge in [0.05, 0.1) is 23.0 Å². The maximum absolute atomic E-state index is 14.2. The molecule has 0 spiro atoms. The Labute approximate surface area is 470 Å². The van der Waals surface area contributed by atoms with Crippen molar-refractivity contribution in [3.63, 3.8) is 0 Å². The van der Waals surface area contributed by atoms with E-state index in [2.05, 4.69) is 0 Å². The summed E-state index contributed by atoms with van der Waals surface area (Å²) in [6.07, 6.45) is 0.853. The first kappa shape index (κ1) is 60.4. The summed E-state index contributed by atoms with van der Waals surface area (Å²) in [7, 11) is -20.7. The molecule has 18 nitrogen and oxygen atoms in total. The molecule has 0 aliphatic rings. The van der Waals surface area contributed by atoms with Crippen LogP contribution in [0.5, 0.6) is 23.0 Å². The van der Waals surface area contributed by atoms with Gasteiger partial charge in [-0.1, -0.05) is 25.3 Å². The summed E-state index contributed by atoms with van der Waals surface area (Å²) in [5, 5.41) is 27.1. The Hall–Kier alpha value is -1.72. The average Bonchev–Trinajstić information content (AvgIpc) is 3.14. The van der Waals surface area contributed by atoms with Crippen LogP contribution in [0, 0.1) is 13.8 Å². The van der Waals surface area contributed by atoms with E-state index >= 15 is 0 Å². The molecule has 0 fully saturated rings. The minimum Gasteiger partial charge on any atom is -0.872 e. The Balaban J connectivity index is 0.00000374. The summed E-state index contributed by atoms with van der Waals surface area (Å²) < 4.78 is 155. The maximum Gasteiger partial charge on any atom is 1.00 e. The number of hydrogen-bond acceptors (Lipinski definition) is 16. The van der Waals surface area contributed by atoms with E-state index in [1.807, 2.05) is 0 Å². The van der Waals surface area contributed by atoms with Crippen LogP contribution in [0.4, 0.5) is 11.4 Å². The van der Waals surface area contributed by atoms with Crippen molar-refractivity contribution in [1.29, 1.82) is 0 Å². The van der Waals surface area contributed by atoms with E-state index in [1.54, 1.807) is 27.7 Å². The molecule has 0 unspecified atom stereocenters. The van der Waals surface area contributed by atoms with Gasteiger partial charge >= 0.3 is 118 Å². The molecule has 0 saturated heterocycles. The predicted molar refractivity (Wildman–Crippen MR) is 222 cm³/mol. The molecule has 0 aliphatic heterocycles. The molecular formula is C40H36N2Na4O16S4. The van der Waals surface area contributed by atoms with Crippen LogP contribution in [0.15, 0.2) is 80.2 Å². The summed E-state index contributed by atoms with van der Waals surface area (Å²) in [5.74, 6) is -2.22. The number of rotatable bonds is 13. The smallest absolute Gasteiger partial charge is 0.872 e. The molecule has 0 heterocycles. The van der Waals surface area contributed by atoms with Gasteiger partial charge in [0.2, 0.25) is 0 Å². The molecule has 0 amide bonds. The van der Waals surface area contributed by atoms with Crippen LogP contribution >= 0.6 is 0 Å². The summed E-state index contributed by atoms with van der Waals surface area (Å²) in [6, 6.07) is 10.4. The minimum atomic E-state index is -5.24. The fraction of sp³-hybridized carbons (Fsp3) is 0.200. The Morgan fingerprint density at radius 2 is 0.833 bits per heavy atom. The number of nitrogen functional groups attached to an aromatic ring is 2. The zero-order valence-electron chi connectivity index (χ0n) is 37.0. The number of benzene rings is 6. The van der Waals surface area contributed by atoms with Gasteiger partial charge in [-0.2, -0.15) is 16.8 Å². The Bertz CT molecular complexity index is 3130. The van der Waals surface area contributed by atoms with Gasteiger partial charge in [0, 0.05) is 22.5 Å². The summed E-state index contributed by atoms with van der Waals surface area (Å²) >= 11 is 0. The number of hydrogen-bond donors (Lipinski definition) is 4. The Morgan fingerprint density at radius 3 is 1.11 bits per heavy atom. The van der Waals surface area contributed by atoms with E-state index in [4.69, 9.17) is 20.9 Å². The molecular weight excluding hydrogens is 985 g/mol. The molecule has 0 atom stereocenters. The largest absolute Gasteiger partial charge is 1.00 e. The molecule has 66 heavy (non-hydrogen) atoms. The SMILES string of the molecule is CCCOc1cc(-c2cc(OCCC)c(-c3c(S(=O)(=O)O)cc4cc(S(=O)(=O)[O-])cc(N)c4c3[O-])cc2C)c(C)cc1-c1c(S(=O)(=O)O)cc2cc(S(=O)(=O)[O-])cc(N)c2c1[O-].[Na+].[Na+].[Na+].[Na+]. The molecule has 0 aliphatic carbocycles. The first-order valence-electron chi connectivity index (χ1n) is 18.3. The van der Waals surface area contributed by atoms with Gasteiger partial charge in [0.25, 0.3) is 20.2 Å². The molecule has 26 heteroatoms. The quantitative estimate of drug-likeness (QED) is 0.0474. The molecule has 0 radical (unpaired) electrons. The van der Waals surface area contributed by atoms with Crippen LogP contribution in [0.25, 0.3) is 54.9 Å². The van der Waals surface area contributed by atoms with E-state index in [0.717, 1.165) is 36.4 Å². The van der Waals surface area contributed by atoms with Gasteiger partial charge in [-0.05, 0) is 142 Å². The van der Waals surface area contributed by atoms with Crippen molar-refractivity contribution in [2.45, 2.75) is 60.1 Å². The number of ether oxygens (including phenoxy) is 2. The monoisotopic (exact) mass is 1020 g/mol. The van der Waals surface area contributed by atoms with Crippen molar-refractivity contribution < 1.29 is 190 Å². The normalized spacial score (nSPS) is 11.8. The third-order valence-electron chi connectivity index (χ3n) is 9.86. The molecule has 0 aromatic heterocycles. The molecule has 6 aromatic carbocycles. The van der Waals surface area contributed by atoms with E-state index in [9.17, 15) is 62.1 Å². The van der Waals surface area contributed by atoms with Crippen LogP contribution in [0.1, 0.15) is 37.8 Å². The van der Waals surface area contributed by atoms with Gasteiger partial charge in [-0.25, -0.2) is 16.8 Å². The topological polar surface area (TPSA) is 340 Å². The third-order valence-corrected chi connectivity index (χ3v) is 13.2. The zero-order chi connectivity index (χ0) is 46.0. The summed E-state index contributed by atoms with van der Waals surface area (Å²) in [5.41, 5.74) is 11.3. The van der Waals surface area contributed by atoms with E-state index in [1.165, 1.54) is 24.3 Å². The van der Waals surface area contributed by atoms with Crippen LogP contribution in [0.3, 0.4) is 0 Å². The fourth-order valence-electron chi connectivity index (χ4n) is 7.19. The number of nitrogens with two attached hydrogens (primary N) is 2. The second kappa shape index (κ2) is 22.6. The number of aryl methyl sites for hydroxylation is 2. The van der Waals surface area contributed by atoms with Gasteiger partial charge in [-0.3, -0.25) is 9.11 Å². The molecule has 6 rings (SSSR count). The van der Waals surface area contributed by atoms with Gasteiger partial charge in [0.15, 0.2) is 0 Å². The summed E-state index contributed by atoms with van der Waals surface area (Å²) in [4.78, 5) is -3.57. The average molecular weight is 1020 g/mol. The molecule has 0 bridgehead atoms. The van der Waals surface area contributed by atoms with Gasteiger partial charge in [-0.15, -0.1) is 0 Å². The van der Waals surface area contributed by atoms with Crippen LogP contribution in [-0.4, -0.2) is 65.1 Å². The predicted octanol–water partition coefficient (Wildman–Crippen LogP) is -7.18.